The average molecular weight is 298 g/mol. The van der Waals surface area contributed by atoms with Crippen molar-refractivity contribution in [1.29, 1.82) is 0 Å². The molecule has 0 amide bonds. The monoisotopic (exact) mass is 298 g/mol. The summed E-state index contributed by atoms with van der Waals surface area (Å²) in [5.41, 5.74) is 0.400. The van der Waals surface area contributed by atoms with Crippen molar-refractivity contribution in [3.8, 4) is 0 Å². The lowest BCUT2D eigenvalue weighted by Crippen LogP contribution is -2.44. The van der Waals surface area contributed by atoms with Crippen LogP contribution in [0.15, 0.2) is 18.2 Å². The van der Waals surface area contributed by atoms with E-state index in [-0.39, 0.29) is 11.9 Å². The van der Waals surface area contributed by atoms with Crippen molar-refractivity contribution < 1.29 is 13.5 Å². The maximum Gasteiger partial charge on any atom is 0.128 e. The Kier molecular flexibility index (Phi) is 6.08. The van der Waals surface area contributed by atoms with E-state index in [9.17, 15) is 8.78 Å². The number of benzene rings is 1. The molecule has 2 rings (SSSR count). The fourth-order valence-electron chi connectivity index (χ4n) is 2.83. The molecule has 1 aromatic rings. The zero-order valence-electron chi connectivity index (χ0n) is 12.7. The second-order valence-electron chi connectivity index (χ2n) is 5.66. The van der Waals surface area contributed by atoms with Gasteiger partial charge in [0.1, 0.15) is 11.6 Å². The molecule has 1 N–H and O–H groups in total. The molecule has 1 aliphatic heterocycles. The van der Waals surface area contributed by atoms with E-state index in [0.29, 0.717) is 11.6 Å². The first-order valence-electron chi connectivity index (χ1n) is 7.52. The smallest absolute Gasteiger partial charge is 0.128 e. The van der Waals surface area contributed by atoms with Crippen LogP contribution in [0.2, 0.25) is 0 Å². The molecule has 118 valence electrons. The van der Waals surface area contributed by atoms with Crippen LogP contribution in [0.5, 0.6) is 0 Å². The van der Waals surface area contributed by atoms with E-state index in [4.69, 9.17) is 4.74 Å². The Hall–Kier alpha value is -1.04. The molecule has 1 aliphatic rings. The number of nitrogens with one attached hydrogen (secondary N) is 1. The normalized spacial score (nSPS) is 18.9. The number of hydrogen-bond donors (Lipinski definition) is 1. The van der Waals surface area contributed by atoms with Gasteiger partial charge in [0.2, 0.25) is 0 Å². The zero-order valence-corrected chi connectivity index (χ0v) is 12.7. The summed E-state index contributed by atoms with van der Waals surface area (Å²) in [4.78, 5) is 2.37. The van der Waals surface area contributed by atoms with Crippen LogP contribution in [0.3, 0.4) is 0 Å². The number of methoxy groups -OCH3 is 1. The van der Waals surface area contributed by atoms with Crippen LogP contribution in [0.25, 0.3) is 0 Å². The highest BCUT2D eigenvalue weighted by Crippen LogP contribution is 2.20. The highest BCUT2D eigenvalue weighted by Gasteiger charge is 2.21. The van der Waals surface area contributed by atoms with Gasteiger partial charge in [0.15, 0.2) is 0 Å². The number of ether oxygens (including phenoxy) is 1. The second-order valence-corrected chi connectivity index (χ2v) is 5.66. The lowest BCUT2D eigenvalue weighted by Gasteiger charge is -2.33. The van der Waals surface area contributed by atoms with Crippen molar-refractivity contribution in [3.63, 3.8) is 0 Å². The molecule has 0 aromatic heterocycles. The number of halogens is 2. The Labute approximate surface area is 125 Å². The maximum absolute atomic E-state index is 13.7. The van der Waals surface area contributed by atoms with Crippen LogP contribution < -0.4 is 5.32 Å². The first kappa shape index (κ1) is 16.3. The van der Waals surface area contributed by atoms with E-state index < -0.39 is 5.82 Å². The maximum atomic E-state index is 13.7. The molecule has 0 radical (unpaired) electrons. The van der Waals surface area contributed by atoms with E-state index in [2.05, 4.69) is 10.2 Å². The predicted molar refractivity (Wildman–Crippen MR) is 79.2 cm³/mol. The Morgan fingerprint density at radius 2 is 2.05 bits per heavy atom. The molecular weight excluding hydrogens is 274 g/mol. The summed E-state index contributed by atoms with van der Waals surface area (Å²) in [5.74, 6) is -0.747. The minimum atomic E-state index is -0.394. The molecule has 0 unspecified atom stereocenters. The van der Waals surface area contributed by atoms with Gasteiger partial charge in [-0.3, -0.25) is 0 Å². The molecule has 0 spiro atoms. The quantitative estimate of drug-likeness (QED) is 0.874. The number of rotatable bonds is 6. The van der Waals surface area contributed by atoms with Gasteiger partial charge in [0.25, 0.3) is 0 Å². The molecular formula is C16H24F2N2O. The fraction of sp³-hybridized carbons (Fsp3) is 0.625. The number of likely N-dealkylation sites (tertiary alicyclic amines) is 1. The van der Waals surface area contributed by atoms with Gasteiger partial charge in [0.05, 0.1) is 6.61 Å². The standard InChI is InChI=1S/C16H24F2N2O/c1-12(15-11-13(17)3-4-16(15)18)19-14-5-7-20(8-6-14)9-10-21-2/h3-4,11-12,14,19H,5-10H2,1-2H3/t12-/m1/s1. The highest BCUT2D eigenvalue weighted by atomic mass is 19.1. The van der Waals surface area contributed by atoms with Crippen LogP contribution in [0.4, 0.5) is 8.78 Å². The molecule has 0 aliphatic carbocycles. The van der Waals surface area contributed by atoms with Gasteiger partial charge in [-0.05, 0) is 51.1 Å². The van der Waals surface area contributed by atoms with Crippen molar-refractivity contribution in [3.05, 3.63) is 35.4 Å². The fourth-order valence-corrected chi connectivity index (χ4v) is 2.83. The largest absolute Gasteiger partial charge is 0.383 e. The number of hydrogen-bond acceptors (Lipinski definition) is 3. The van der Waals surface area contributed by atoms with Crippen molar-refractivity contribution in [2.24, 2.45) is 0 Å². The third-order valence-electron chi connectivity index (χ3n) is 4.11. The van der Waals surface area contributed by atoms with E-state index in [1.165, 1.54) is 12.1 Å². The summed E-state index contributed by atoms with van der Waals surface area (Å²) in [6.45, 7) is 5.62. The van der Waals surface area contributed by atoms with Crippen LogP contribution in [0.1, 0.15) is 31.4 Å². The van der Waals surface area contributed by atoms with Crippen molar-refractivity contribution in [2.75, 3.05) is 33.4 Å². The lowest BCUT2D eigenvalue weighted by molar-refractivity contribution is 0.124. The molecule has 1 atom stereocenters. The SMILES string of the molecule is COCCN1CCC(N[C@H](C)c2cc(F)ccc2F)CC1. The number of nitrogens with zero attached hydrogens (tertiary/aromatic N) is 1. The van der Waals surface area contributed by atoms with Gasteiger partial charge in [-0.15, -0.1) is 0 Å². The van der Waals surface area contributed by atoms with Crippen molar-refractivity contribution in [1.82, 2.24) is 10.2 Å². The Balaban J connectivity index is 1.84. The lowest BCUT2D eigenvalue weighted by atomic mass is 10.0. The molecule has 1 heterocycles. The predicted octanol–water partition coefficient (Wildman–Crippen LogP) is 2.73. The zero-order chi connectivity index (χ0) is 15.2. The Morgan fingerprint density at radius 3 is 2.71 bits per heavy atom. The summed E-state index contributed by atoms with van der Waals surface area (Å²) in [5, 5.41) is 3.42. The minimum absolute atomic E-state index is 0.184. The second kappa shape index (κ2) is 7.82. The molecule has 5 heteroatoms. The Bertz CT molecular complexity index is 448. The van der Waals surface area contributed by atoms with E-state index >= 15 is 0 Å². The van der Waals surface area contributed by atoms with E-state index in [1.807, 2.05) is 6.92 Å². The summed E-state index contributed by atoms with van der Waals surface area (Å²) >= 11 is 0. The third-order valence-corrected chi connectivity index (χ3v) is 4.11. The van der Waals surface area contributed by atoms with Gasteiger partial charge in [0, 0.05) is 31.3 Å². The van der Waals surface area contributed by atoms with Gasteiger partial charge in [-0.25, -0.2) is 8.78 Å². The van der Waals surface area contributed by atoms with Gasteiger partial charge in [-0.2, -0.15) is 0 Å². The van der Waals surface area contributed by atoms with Crippen LogP contribution in [-0.4, -0.2) is 44.3 Å². The summed E-state index contributed by atoms with van der Waals surface area (Å²) in [6, 6.07) is 3.79. The molecule has 0 saturated carbocycles. The molecule has 3 nitrogen and oxygen atoms in total. The molecule has 1 fully saturated rings. The minimum Gasteiger partial charge on any atom is -0.383 e. The van der Waals surface area contributed by atoms with E-state index in [0.717, 1.165) is 45.1 Å². The summed E-state index contributed by atoms with van der Waals surface area (Å²) in [7, 11) is 1.71. The molecule has 21 heavy (non-hydrogen) atoms. The highest BCUT2D eigenvalue weighted by molar-refractivity contribution is 5.22. The van der Waals surface area contributed by atoms with Crippen LogP contribution in [-0.2, 0) is 4.74 Å². The molecule has 1 saturated heterocycles. The van der Waals surface area contributed by atoms with Crippen molar-refractivity contribution >= 4 is 0 Å². The summed E-state index contributed by atoms with van der Waals surface area (Å²) in [6.07, 6.45) is 2.04. The summed E-state index contributed by atoms with van der Waals surface area (Å²) < 4.78 is 32.1. The van der Waals surface area contributed by atoms with Crippen LogP contribution in [0, 0.1) is 11.6 Å². The molecule has 0 bridgehead atoms. The first-order valence-corrected chi connectivity index (χ1v) is 7.52. The van der Waals surface area contributed by atoms with Crippen molar-refractivity contribution in [2.45, 2.75) is 31.8 Å². The van der Waals surface area contributed by atoms with Crippen LogP contribution >= 0.6 is 0 Å². The van der Waals surface area contributed by atoms with Gasteiger partial charge >= 0.3 is 0 Å². The topological polar surface area (TPSA) is 24.5 Å². The van der Waals surface area contributed by atoms with Gasteiger partial charge < -0.3 is 15.0 Å². The van der Waals surface area contributed by atoms with E-state index in [1.54, 1.807) is 7.11 Å². The average Bonchev–Trinajstić information content (AvgIpc) is 2.49. The third kappa shape index (κ3) is 4.73. The Morgan fingerprint density at radius 1 is 1.33 bits per heavy atom. The van der Waals surface area contributed by atoms with Gasteiger partial charge in [-0.1, -0.05) is 0 Å². The number of piperidine rings is 1. The first-order chi connectivity index (χ1) is 10.1. The molecule has 1 aromatic carbocycles.